The number of nitrogens with zero attached hydrogens (tertiary/aromatic N) is 1. The van der Waals surface area contributed by atoms with Crippen LogP contribution in [0.5, 0.6) is 0 Å². The molecule has 160 valence electrons. The molecule has 7 rings (SSSR count). The molecule has 2 nitrogen and oxygen atoms in total. The maximum atomic E-state index is 5.91. The molecule has 0 fully saturated rings. The summed E-state index contributed by atoms with van der Waals surface area (Å²) < 4.78 is 5.91. The van der Waals surface area contributed by atoms with E-state index in [0.717, 1.165) is 28.2 Å². The second-order valence-corrected chi connectivity index (χ2v) is 8.65. The van der Waals surface area contributed by atoms with Crippen LogP contribution in [-0.2, 0) is 0 Å². The summed E-state index contributed by atoms with van der Waals surface area (Å²) in [6, 6.07) is 45.1. The van der Waals surface area contributed by atoms with Gasteiger partial charge in [-0.05, 0) is 82.6 Å². The molecule has 2 aromatic heterocycles. The zero-order valence-corrected chi connectivity index (χ0v) is 18.5. The van der Waals surface area contributed by atoms with E-state index in [0.29, 0.717) is 0 Å². The molecule has 0 aliphatic heterocycles. The molecular weight excluding hydrogens is 414 g/mol. The highest BCUT2D eigenvalue weighted by Gasteiger charge is 2.16. The van der Waals surface area contributed by atoms with E-state index >= 15 is 0 Å². The van der Waals surface area contributed by atoms with Gasteiger partial charge in [0, 0.05) is 27.8 Å². The number of hydrogen-bond acceptors (Lipinski definition) is 2. The first kappa shape index (κ1) is 19.0. The van der Waals surface area contributed by atoms with Gasteiger partial charge in [0.15, 0.2) is 0 Å². The third-order valence-corrected chi connectivity index (χ3v) is 6.60. The van der Waals surface area contributed by atoms with E-state index in [1.165, 1.54) is 32.7 Å². The Morgan fingerprint density at radius 1 is 0.441 bits per heavy atom. The predicted octanol–water partition coefficient (Wildman–Crippen LogP) is 9.31. The average Bonchev–Trinajstić information content (AvgIpc) is 3.52. The van der Waals surface area contributed by atoms with Gasteiger partial charge in [-0.15, -0.1) is 0 Å². The lowest BCUT2D eigenvalue weighted by Gasteiger charge is -2.26. The molecule has 0 saturated carbocycles. The molecule has 0 aliphatic carbocycles. The van der Waals surface area contributed by atoms with Gasteiger partial charge in [0.1, 0.15) is 11.2 Å². The van der Waals surface area contributed by atoms with Crippen molar-refractivity contribution in [2.45, 2.75) is 0 Å². The lowest BCUT2D eigenvalue weighted by atomic mass is 9.95. The average molecular weight is 436 g/mol. The van der Waals surface area contributed by atoms with Gasteiger partial charge in [0.2, 0.25) is 0 Å². The van der Waals surface area contributed by atoms with Crippen LogP contribution in [0.3, 0.4) is 0 Å². The molecule has 34 heavy (non-hydrogen) atoms. The second-order valence-electron chi connectivity index (χ2n) is 8.65. The Morgan fingerprint density at radius 2 is 1.09 bits per heavy atom. The van der Waals surface area contributed by atoms with Gasteiger partial charge in [-0.2, -0.15) is 0 Å². The van der Waals surface area contributed by atoms with Crippen molar-refractivity contribution in [2.75, 3.05) is 4.90 Å². The van der Waals surface area contributed by atoms with Gasteiger partial charge in [-0.3, -0.25) is 0 Å². The molecular formula is C32H21NO. The van der Waals surface area contributed by atoms with E-state index in [-0.39, 0.29) is 0 Å². The Hall–Kier alpha value is -4.56. The Morgan fingerprint density at radius 3 is 1.82 bits per heavy atom. The molecule has 0 aliphatic rings. The summed E-state index contributed by atoms with van der Waals surface area (Å²) in [5.41, 5.74) is 7.70. The van der Waals surface area contributed by atoms with Crippen LogP contribution in [0.15, 0.2) is 132 Å². The number of hydrogen-bond donors (Lipinski definition) is 0. The van der Waals surface area contributed by atoms with E-state index < -0.39 is 0 Å². The lowest BCUT2D eigenvalue weighted by molar-refractivity contribution is 0.679. The highest BCUT2D eigenvalue weighted by atomic mass is 16.3. The van der Waals surface area contributed by atoms with Crippen LogP contribution >= 0.6 is 0 Å². The smallest absolute Gasteiger partial charge is 0.135 e. The minimum atomic E-state index is 0.947. The first-order valence-electron chi connectivity index (χ1n) is 11.5. The van der Waals surface area contributed by atoms with Gasteiger partial charge in [-0.25, -0.2) is 0 Å². The van der Waals surface area contributed by atoms with Crippen molar-refractivity contribution in [2.24, 2.45) is 0 Å². The van der Waals surface area contributed by atoms with Crippen molar-refractivity contribution in [1.29, 1.82) is 0 Å². The number of furan rings is 2. The zero-order valence-electron chi connectivity index (χ0n) is 18.5. The molecule has 0 unspecified atom stereocenters. The molecule has 0 amide bonds. The Kier molecular flexibility index (Phi) is 4.18. The topological polar surface area (TPSA) is 16.4 Å². The standard InChI is InChI=1S/C32H21NO/c1-3-10-24(11-4-1)33(25-12-5-2-6-13-25)26-19-22-9-7-8-14-27(22)29(21-26)23-15-16-28-30(20-23)32-18-17-31(28)34-32/h1-21H. The van der Waals surface area contributed by atoms with Crippen LogP contribution in [0.1, 0.15) is 0 Å². The maximum absolute atomic E-state index is 5.91. The highest BCUT2D eigenvalue weighted by Crippen LogP contribution is 2.41. The van der Waals surface area contributed by atoms with Crippen molar-refractivity contribution in [3.05, 3.63) is 127 Å². The van der Waals surface area contributed by atoms with Gasteiger partial charge in [0.05, 0.1) is 0 Å². The molecule has 0 N–H and O–H groups in total. The summed E-state index contributed by atoms with van der Waals surface area (Å²) in [4.78, 5) is 2.32. The summed E-state index contributed by atoms with van der Waals surface area (Å²) in [7, 11) is 0. The minimum Gasteiger partial charge on any atom is -0.456 e. The van der Waals surface area contributed by atoms with Crippen LogP contribution < -0.4 is 4.90 Å². The first-order valence-corrected chi connectivity index (χ1v) is 11.5. The Bertz CT molecular complexity index is 1710. The molecule has 2 heterocycles. The van der Waals surface area contributed by atoms with E-state index in [2.05, 4.69) is 126 Å². The van der Waals surface area contributed by atoms with E-state index in [9.17, 15) is 0 Å². The van der Waals surface area contributed by atoms with Crippen LogP contribution in [0.2, 0.25) is 0 Å². The van der Waals surface area contributed by atoms with Gasteiger partial charge < -0.3 is 9.32 Å². The second kappa shape index (κ2) is 7.50. The molecule has 0 spiro atoms. The third-order valence-electron chi connectivity index (χ3n) is 6.60. The fourth-order valence-electron chi connectivity index (χ4n) is 5.02. The summed E-state index contributed by atoms with van der Waals surface area (Å²) >= 11 is 0. The molecule has 0 atom stereocenters. The summed E-state index contributed by atoms with van der Waals surface area (Å²) in [6.45, 7) is 0. The summed E-state index contributed by atoms with van der Waals surface area (Å²) in [6.07, 6.45) is 0. The van der Waals surface area contributed by atoms with Crippen LogP contribution in [0.4, 0.5) is 17.1 Å². The maximum Gasteiger partial charge on any atom is 0.135 e. The molecule has 2 heteroatoms. The SMILES string of the molecule is c1ccc(N(c2ccccc2)c2cc(-c3ccc4c5ccc(o5)c4c3)c3ccccc3c2)cc1. The summed E-state index contributed by atoms with van der Waals surface area (Å²) in [5.74, 6) is 0. The molecule has 5 aromatic carbocycles. The van der Waals surface area contributed by atoms with E-state index in [1.807, 2.05) is 6.07 Å². The third kappa shape index (κ3) is 2.96. The fourth-order valence-corrected chi connectivity index (χ4v) is 5.02. The van der Waals surface area contributed by atoms with Gasteiger partial charge >= 0.3 is 0 Å². The lowest BCUT2D eigenvalue weighted by Crippen LogP contribution is -2.09. The Balaban J connectivity index is 1.49. The van der Waals surface area contributed by atoms with Gasteiger partial charge in [0.25, 0.3) is 0 Å². The van der Waals surface area contributed by atoms with E-state index in [4.69, 9.17) is 4.42 Å². The molecule has 0 saturated heterocycles. The zero-order chi connectivity index (χ0) is 22.5. The van der Waals surface area contributed by atoms with Crippen molar-refractivity contribution < 1.29 is 4.42 Å². The predicted molar refractivity (Wildman–Crippen MR) is 143 cm³/mol. The Labute approximate surface area is 197 Å². The number of rotatable bonds is 4. The minimum absolute atomic E-state index is 0.947. The molecule has 7 aromatic rings. The first-order chi connectivity index (χ1) is 16.8. The highest BCUT2D eigenvalue weighted by molar-refractivity contribution is 6.10. The number of anilines is 3. The normalized spacial score (nSPS) is 11.5. The summed E-state index contributed by atoms with van der Waals surface area (Å²) in [5, 5.41) is 4.81. The van der Waals surface area contributed by atoms with Crippen LogP contribution in [0.25, 0.3) is 43.8 Å². The van der Waals surface area contributed by atoms with Crippen molar-refractivity contribution in [3.8, 4) is 11.1 Å². The van der Waals surface area contributed by atoms with Gasteiger partial charge in [-0.1, -0.05) is 66.7 Å². The quantitative estimate of drug-likeness (QED) is 0.274. The van der Waals surface area contributed by atoms with Crippen molar-refractivity contribution in [3.63, 3.8) is 0 Å². The fraction of sp³-hybridized carbons (Fsp3) is 0. The number of fused-ring (bicyclic) bond motifs is 6. The van der Waals surface area contributed by atoms with E-state index in [1.54, 1.807) is 0 Å². The van der Waals surface area contributed by atoms with Crippen LogP contribution in [0, 0.1) is 0 Å². The number of benzene rings is 6. The largest absolute Gasteiger partial charge is 0.456 e. The monoisotopic (exact) mass is 435 g/mol. The molecule has 0 radical (unpaired) electrons. The molecule has 2 bridgehead atoms. The van der Waals surface area contributed by atoms with Crippen molar-refractivity contribution in [1.82, 2.24) is 0 Å². The van der Waals surface area contributed by atoms with Crippen LogP contribution in [-0.4, -0.2) is 0 Å². The number of para-hydroxylation sites is 2. The van der Waals surface area contributed by atoms with Crippen molar-refractivity contribution >= 4 is 49.8 Å².